The quantitative estimate of drug-likeness (QED) is 0.335. The topological polar surface area (TPSA) is 61.9 Å². The molecule has 0 radical (unpaired) electrons. The summed E-state index contributed by atoms with van der Waals surface area (Å²) in [5, 5.41) is 0. The Labute approximate surface area is 139 Å². The molecule has 6 heteroatoms. The van der Waals surface area contributed by atoms with E-state index in [1.807, 2.05) is 11.9 Å². The molecule has 0 unspecified atom stereocenters. The molecule has 0 bridgehead atoms. The third-order valence-corrected chi connectivity index (χ3v) is 3.99. The van der Waals surface area contributed by atoms with Gasteiger partial charge in [0.1, 0.15) is 0 Å². The first-order valence-corrected chi connectivity index (χ1v) is 7.49. The lowest BCUT2D eigenvalue weighted by molar-refractivity contribution is -0.130. The van der Waals surface area contributed by atoms with E-state index in [0.717, 1.165) is 38.8 Å². The van der Waals surface area contributed by atoms with Crippen LogP contribution in [-0.4, -0.2) is 54.4 Å². The fourth-order valence-corrected chi connectivity index (χ4v) is 2.49. The van der Waals surface area contributed by atoms with Crippen molar-refractivity contribution in [1.29, 1.82) is 0 Å². The highest BCUT2D eigenvalue weighted by Gasteiger charge is 2.27. The number of carbonyl (C=O) groups excluding carboxylic acids is 1. The Bertz CT molecular complexity index is 344. The van der Waals surface area contributed by atoms with Crippen LogP contribution in [0.5, 0.6) is 0 Å². The molecule has 1 amide bonds. The maximum Gasteiger partial charge on any atom is 0.222 e. The SMILES string of the molecule is CN(C(N)=NCCCN1CCCCCC1=O)C1CC1.I. The number of rotatable bonds is 5. The summed E-state index contributed by atoms with van der Waals surface area (Å²) in [5.41, 5.74) is 5.93. The van der Waals surface area contributed by atoms with Crippen molar-refractivity contribution in [2.45, 2.75) is 51.0 Å². The van der Waals surface area contributed by atoms with Crippen LogP contribution in [-0.2, 0) is 4.79 Å². The van der Waals surface area contributed by atoms with Crippen LogP contribution in [0.4, 0.5) is 0 Å². The number of likely N-dealkylation sites (tertiary alicyclic amines) is 1. The summed E-state index contributed by atoms with van der Waals surface area (Å²) in [6.45, 7) is 2.45. The zero-order chi connectivity index (χ0) is 13.7. The summed E-state index contributed by atoms with van der Waals surface area (Å²) < 4.78 is 0. The van der Waals surface area contributed by atoms with Gasteiger partial charge in [-0.1, -0.05) is 6.42 Å². The molecule has 0 aromatic carbocycles. The maximum absolute atomic E-state index is 11.8. The van der Waals surface area contributed by atoms with E-state index >= 15 is 0 Å². The number of nitrogens with zero attached hydrogens (tertiary/aromatic N) is 3. The average molecular weight is 394 g/mol. The fourth-order valence-electron chi connectivity index (χ4n) is 2.49. The number of aliphatic imine (C=N–C) groups is 1. The van der Waals surface area contributed by atoms with Crippen LogP contribution in [0.15, 0.2) is 4.99 Å². The van der Waals surface area contributed by atoms with E-state index in [4.69, 9.17) is 5.73 Å². The predicted octanol–water partition coefficient (Wildman–Crippen LogP) is 1.81. The molecule has 20 heavy (non-hydrogen) atoms. The van der Waals surface area contributed by atoms with Gasteiger partial charge >= 0.3 is 0 Å². The standard InChI is InChI=1S/C14H26N4O.HI/c1-17(12-7-8-12)14(15)16-9-5-11-18-10-4-2-3-6-13(18)19;/h12H,2-11H2,1H3,(H2,15,16);1H. The summed E-state index contributed by atoms with van der Waals surface area (Å²) >= 11 is 0. The molecule has 0 atom stereocenters. The molecule has 5 nitrogen and oxygen atoms in total. The van der Waals surface area contributed by atoms with Crippen LogP contribution in [0, 0.1) is 0 Å². The van der Waals surface area contributed by atoms with Gasteiger partial charge < -0.3 is 15.5 Å². The minimum Gasteiger partial charge on any atom is -0.370 e. The van der Waals surface area contributed by atoms with E-state index in [-0.39, 0.29) is 24.0 Å². The monoisotopic (exact) mass is 394 g/mol. The van der Waals surface area contributed by atoms with E-state index in [1.54, 1.807) is 0 Å². The van der Waals surface area contributed by atoms with Crippen LogP contribution in [0.3, 0.4) is 0 Å². The number of nitrogens with two attached hydrogens (primary N) is 1. The van der Waals surface area contributed by atoms with Gasteiger partial charge in [-0.2, -0.15) is 0 Å². The molecule has 0 aromatic rings. The second-order valence-electron chi connectivity index (χ2n) is 5.63. The smallest absolute Gasteiger partial charge is 0.222 e. The van der Waals surface area contributed by atoms with Crippen molar-refractivity contribution in [3.63, 3.8) is 0 Å². The minimum absolute atomic E-state index is 0. The largest absolute Gasteiger partial charge is 0.370 e. The molecule has 2 fully saturated rings. The first-order chi connectivity index (χ1) is 9.18. The van der Waals surface area contributed by atoms with Crippen molar-refractivity contribution < 1.29 is 4.79 Å². The third-order valence-electron chi connectivity index (χ3n) is 3.99. The Morgan fingerprint density at radius 1 is 1.40 bits per heavy atom. The molecule has 1 saturated heterocycles. The second kappa shape index (κ2) is 8.69. The molecule has 2 aliphatic rings. The molecule has 0 aromatic heterocycles. The molecule has 1 aliphatic carbocycles. The molecule has 1 saturated carbocycles. The molecule has 2 N–H and O–H groups in total. The lowest BCUT2D eigenvalue weighted by Crippen LogP contribution is -2.36. The Balaban J connectivity index is 0.00000200. The number of carbonyl (C=O) groups is 1. The summed E-state index contributed by atoms with van der Waals surface area (Å²) in [4.78, 5) is 20.3. The van der Waals surface area contributed by atoms with Gasteiger partial charge in [0.05, 0.1) is 0 Å². The van der Waals surface area contributed by atoms with E-state index in [2.05, 4.69) is 9.89 Å². The van der Waals surface area contributed by atoms with Crippen LogP contribution in [0.25, 0.3) is 0 Å². The van der Waals surface area contributed by atoms with Gasteiger partial charge in [-0.05, 0) is 32.1 Å². The van der Waals surface area contributed by atoms with Gasteiger partial charge in [0.25, 0.3) is 0 Å². The lowest BCUT2D eigenvalue weighted by Gasteiger charge is -2.20. The molecule has 1 aliphatic heterocycles. The van der Waals surface area contributed by atoms with Crippen molar-refractivity contribution in [3.05, 3.63) is 0 Å². The molecular weight excluding hydrogens is 367 g/mol. The van der Waals surface area contributed by atoms with Gasteiger partial charge in [-0.25, -0.2) is 0 Å². The van der Waals surface area contributed by atoms with Gasteiger partial charge in [0.2, 0.25) is 5.91 Å². The van der Waals surface area contributed by atoms with Crippen LogP contribution >= 0.6 is 24.0 Å². The second-order valence-corrected chi connectivity index (χ2v) is 5.63. The van der Waals surface area contributed by atoms with Crippen molar-refractivity contribution in [3.8, 4) is 0 Å². The highest BCUT2D eigenvalue weighted by atomic mass is 127. The maximum atomic E-state index is 11.8. The summed E-state index contributed by atoms with van der Waals surface area (Å²) in [7, 11) is 2.01. The summed E-state index contributed by atoms with van der Waals surface area (Å²) in [6, 6.07) is 0.607. The normalized spacial score (nSPS) is 20.4. The van der Waals surface area contributed by atoms with Gasteiger partial charge in [0, 0.05) is 39.1 Å². The van der Waals surface area contributed by atoms with Crippen LogP contribution in [0.2, 0.25) is 0 Å². The van der Waals surface area contributed by atoms with E-state index in [9.17, 15) is 4.79 Å². The zero-order valence-electron chi connectivity index (χ0n) is 12.4. The van der Waals surface area contributed by atoms with Crippen molar-refractivity contribution >= 4 is 35.8 Å². The lowest BCUT2D eigenvalue weighted by atomic mass is 10.2. The molecule has 1 heterocycles. The Morgan fingerprint density at radius 3 is 2.85 bits per heavy atom. The Hall–Kier alpha value is -0.530. The van der Waals surface area contributed by atoms with Crippen molar-refractivity contribution in [1.82, 2.24) is 9.80 Å². The number of halogens is 1. The van der Waals surface area contributed by atoms with Crippen molar-refractivity contribution in [2.24, 2.45) is 10.7 Å². The van der Waals surface area contributed by atoms with Crippen molar-refractivity contribution in [2.75, 3.05) is 26.7 Å². The van der Waals surface area contributed by atoms with Gasteiger partial charge in [-0.3, -0.25) is 9.79 Å². The highest BCUT2D eigenvalue weighted by Crippen LogP contribution is 2.24. The molecule has 116 valence electrons. The first-order valence-electron chi connectivity index (χ1n) is 7.49. The number of hydrogen-bond donors (Lipinski definition) is 1. The molecule has 2 rings (SSSR count). The predicted molar refractivity (Wildman–Crippen MR) is 92.4 cm³/mol. The summed E-state index contributed by atoms with van der Waals surface area (Å²) in [5.74, 6) is 0.953. The van der Waals surface area contributed by atoms with E-state index < -0.39 is 0 Å². The first kappa shape index (κ1) is 17.5. The fraction of sp³-hybridized carbons (Fsp3) is 0.857. The van der Waals surface area contributed by atoms with Crippen LogP contribution in [0.1, 0.15) is 44.9 Å². The van der Waals surface area contributed by atoms with E-state index in [1.165, 1.54) is 19.3 Å². The zero-order valence-corrected chi connectivity index (χ0v) is 14.7. The number of guanidine groups is 1. The number of amides is 1. The molecular formula is C14H27IN4O. The number of hydrogen-bond acceptors (Lipinski definition) is 2. The summed E-state index contributed by atoms with van der Waals surface area (Å²) in [6.07, 6.45) is 7.46. The third kappa shape index (κ3) is 5.46. The minimum atomic E-state index is 0. The highest BCUT2D eigenvalue weighted by molar-refractivity contribution is 14.0. The Morgan fingerprint density at radius 2 is 2.15 bits per heavy atom. The van der Waals surface area contributed by atoms with Crippen LogP contribution < -0.4 is 5.73 Å². The Kier molecular flexibility index (Phi) is 7.61. The molecule has 0 spiro atoms. The van der Waals surface area contributed by atoms with Gasteiger partial charge in [0.15, 0.2) is 5.96 Å². The average Bonchev–Trinajstić information content (AvgIpc) is 3.22. The van der Waals surface area contributed by atoms with Gasteiger partial charge in [-0.15, -0.1) is 24.0 Å². The van der Waals surface area contributed by atoms with E-state index in [0.29, 0.717) is 24.5 Å².